The van der Waals surface area contributed by atoms with Crippen molar-refractivity contribution in [2.24, 2.45) is 16.5 Å². The Morgan fingerprint density at radius 1 is 1.14 bits per heavy atom. The van der Waals surface area contributed by atoms with Crippen LogP contribution in [-0.2, 0) is 4.79 Å². The molecule has 0 aliphatic carbocycles. The lowest BCUT2D eigenvalue weighted by Gasteiger charge is -2.13. The molecule has 0 atom stereocenters. The van der Waals surface area contributed by atoms with Crippen molar-refractivity contribution in [1.29, 1.82) is 0 Å². The first-order valence-electron chi connectivity index (χ1n) is 10.8. The van der Waals surface area contributed by atoms with Crippen LogP contribution in [0.15, 0.2) is 65.0 Å². The van der Waals surface area contributed by atoms with Gasteiger partial charge in [0.2, 0.25) is 5.91 Å². The van der Waals surface area contributed by atoms with Gasteiger partial charge in [-0.15, -0.1) is 11.3 Å². The van der Waals surface area contributed by atoms with Crippen molar-refractivity contribution in [2.75, 3.05) is 24.1 Å². The Balaban J connectivity index is 1.58. The van der Waals surface area contributed by atoms with Crippen molar-refractivity contribution in [3.05, 3.63) is 71.1 Å². The molecule has 9 nitrogen and oxygen atoms in total. The summed E-state index contributed by atoms with van der Waals surface area (Å²) in [6, 6.07) is 14.1. The Kier molecular flexibility index (Phi) is 8.34. The number of amides is 2. The summed E-state index contributed by atoms with van der Waals surface area (Å²) in [6.07, 6.45) is 3.38. The molecule has 0 saturated heterocycles. The largest absolute Gasteiger partial charge is 0.399 e. The summed E-state index contributed by atoms with van der Waals surface area (Å²) in [6.45, 7) is 4.12. The number of anilines is 2. The third-order valence-corrected chi connectivity index (χ3v) is 5.44. The van der Waals surface area contributed by atoms with Crippen LogP contribution in [0.25, 0.3) is 17.0 Å². The van der Waals surface area contributed by atoms with Gasteiger partial charge >= 0.3 is 0 Å². The van der Waals surface area contributed by atoms with E-state index < -0.39 is 0 Å². The summed E-state index contributed by atoms with van der Waals surface area (Å²) in [7, 11) is 0. The van der Waals surface area contributed by atoms with Crippen LogP contribution < -0.4 is 27.8 Å². The molecule has 0 radical (unpaired) electrons. The summed E-state index contributed by atoms with van der Waals surface area (Å²) in [5, 5.41) is 7.54. The Morgan fingerprint density at radius 2 is 1.89 bits per heavy atom. The molecule has 0 saturated carbocycles. The first-order valence-corrected chi connectivity index (χ1v) is 11.7. The Bertz CT molecular complexity index is 1240. The fourth-order valence-corrected chi connectivity index (χ4v) is 3.64. The van der Waals surface area contributed by atoms with E-state index in [0.29, 0.717) is 34.3 Å². The van der Waals surface area contributed by atoms with Gasteiger partial charge in [-0.05, 0) is 55.8 Å². The number of allylic oxidation sites excluding steroid dienone is 1. The molecule has 1 aromatic heterocycles. The highest BCUT2D eigenvalue weighted by Gasteiger charge is 2.12. The maximum Gasteiger partial charge on any atom is 0.251 e. The van der Waals surface area contributed by atoms with Crippen molar-refractivity contribution in [3.63, 3.8) is 0 Å². The van der Waals surface area contributed by atoms with E-state index in [1.54, 1.807) is 36.6 Å². The minimum absolute atomic E-state index is 0.183. The number of hydrogen-bond acceptors (Lipinski definition) is 8. The Morgan fingerprint density at radius 3 is 2.60 bits per heavy atom. The molecule has 3 aromatic rings. The molecule has 0 spiro atoms. The van der Waals surface area contributed by atoms with Crippen molar-refractivity contribution >= 4 is 45.9 Å². The minimum atomic E-state index is -0.379. The van der Waals surface area contributed by atoms with Crippen LogP contribution in [0.5, 0.6) is 0 Å². The number of carbonyl (C=O) groups excluding carboxylic acids is 2. The molecule has 0 fully saturated rings. The lowest BCUT2D eigenvalue weighted by Crippen LogP contribution is -2.35. The van der Waals surface area contributed by atoms with Gasteiger partial charge in [0.05, 0.1) is 18.8 Å². The average molecular weight is 492 g/mol. The molecule has 1 heterocycles. The molecule has 10 heteroatoms. The van der Waals surface area contributed by atoms with Crippen LogP contribution >= 0.6 is 11.3 Å². The van der Waals surface area contributed by atoms with E-state index in [4.69, 9.17) is 17.2 Å². The fraction of sp³-hybridized carbons (Fsp3) is 0.200. The number of nitrogen functional groups attached to an aromatic ring is 1. The number of hydrogen-bond donors (Lipinski definition) is 5. The molecule has 2 amide bonds. The molecule has 0 bridgehead atoms. The Hall–Kier alpha value is -4.02. The zero-order chi connectivity index (χ0) is 25.4. The average Bonchev–Trinajstić information content (AvgIpc) is 3.28. The van der Waals surface area contributed by atoms with E-state index in [1.807, 2.05) is 43.5 Å². The van der Waals surface area contributed by atoms with E-state index in [-0.39, 0.29) is 23.9 Å². The van der Waals surface area contributed by atoms with E-state index in [2.05, 4.69) is 20.6 Å². The van der Waals surface area contributed by atoms with Crippen LogP contribution in [0.3, 0.4) is 0 Å². The van der Waals surface area contributed by atoms with Crippen molar-refractivity contribution in [3.8, 4) is 11.3 Å². The highest BCUT2D eigenvalue weighted by molar-refractivity contribution is 7.14. The zero-order valence-corrected chi connectivity index (χ0v) is 20.4. The molecular formula is C25H29N7O2S. The third-order valence-electron chi connectivity index (χ3n) is 4.68. The molecule has 8 N–H and O–H groups in total. The summed E-state index contributed by atoms with van der Waals surface area (Å²) >= 11 is 1.29. The molecule has 35 heavy (non-hydrogen) atoms. The molecule has 3 rings (SSSR count). The minimum Gasteiger partial charge on any atom is -0.399 e. The number of aliphatic imine (C=N–C) groups is 1. The standard InChI is InChI=1S/C25H29N7O2S/c1-25(2,28)15-29-11-10-20(27)17-4-3-5-18(12-17)21-14-35-24(31-21)32-22(33)13-30-23(34)16-6-8-19(26)9-7-16/h3-12,14H,13,15,26-28H2,1-2H3,(H,30,34)(H,31,32,33). The molecule has 0 aliphatic heterocycles. The highest BCUT2D eigenvalue weighted by atomic mass is 32.1. The quantitative estimate of drug-likeness (QED) is 0.228. The number of carbonyl (C=O) groups is 2. The smallest absolute Gasteiger partial charge is 0.251 e. The predicted octanol–water partition coefficient (Wildman–Crippen LogP) is 2.87. The first kappa shape index (κ1) is 25.6. The maximum absolute atomic E-state index is 12.3. The second-order valence-electron chi connectivity index (χ2n) is 8.57. The molecule has 0 aliphatic rings. The monoisotopic (exact) mass is 491 g/mol. The van der Waals surface area contributed by atoms with Gasteiger partial charge in [-0.1, -0.05) is 18.2 Å². The van der Waals surface area contributed by atoms with Crippen molar-refractivity contribution in [2.45, 2.75) is 19.4 Å². The molecule has 182 valence electrons. The molecular weight excluding hydrogens is 462 g/mol. The topological polar surface area (TPSA) is 162 Å². The summed E-state index contributed by atoms with van der Waals surface area (Å²) < 4.78 is 0. The van der Waals surface area contributed by atoms with Gasteiger partial charge in [-0.3, -0.25) is 14.6 Å². The number of nitrogens with zero attached hydrogens (tertiary/aromatic N) is 2. The SMILES string of the molecule is CC(C)(N)CN=CC=C(N)c1cccc(-c2csc(NC(=O)CNC(=O)c3ccc(N)cc3)n2)c1. The van der Waals surface area contributed by atoms with E-state index >= 15 is 0 Å². The number of nitrogens with one attached hydrogen (secondary N) is 2. The van der Waals surface area contributed by atoms with Gasteiger partial charge in [0.15, 0.2) is 5.13 Å². The van der Waals surface area contributed by atoms with Crippen LogP contribution in [-0.4, -0.2) is 41.6 Å². The fourth-order valence-electron chi connectivity index (χ4n) is 2.90. The summed E-state index contributed by atoms with van der Waals surface area (Å²) in [4.78, 5) is 33.2. The van der Waals surface area contributed by atoms with Gasteiger partial charge in [0.25, 0.3) is 5.91 Å². The summed E-state index contributed by atoms with van der Waals surface area (Å²) in [5.74, 6) is -0.741. The Labute approximate surface area is 208 Å². The van der Waals surface area contributed by atoms with E-state index in [1.165, 1.54) is 11.3 Å². The van der Waals surface area contributed by atoms with Gasteiger partial charge in [-0.25, -0.2) is 4.98 Å². The van der Waals surface area contributed by atoms with Crippen LogP contribution in [0.4, 0.5) is 10.8 Å². The van der Waals surface area contributed by atoms with Gasteiger partial charge in [0.1, 0.15) is 0 Å². The third kappa shape index (κ3) is 8.05. The van der Waals surface area contributed by atoms with E-state index in [9.17, 15) is 9.59 Å². The van der Waals surface area contributed by atoms with Gasteiger partial charge < -0.3 is 27.8 Å². The first-order chi connectivity index (χ1) is 16.6. The van der Waals surface area contributed by atoms with Gasteiger partial charge in [0, 0.05) is 39.6 Å². The maximum atomic E-state index is 12.3. The zero-order valence-electron chi connectivity index (χ0n) is 19.6. The number of nitrogens with two attached hydrogens (primary N) is 3. The highest BCUT2D eigenvalue weighted by Crippen LogP contribution is 2.26. The predicted molar refractivity (Wildman–Crippen MR) is 143 cm³/mol. The van der Waals surface area contributed by atoms with Gasteiger partial charge in [-0.2, -0.15) is 0 Å². The second kappa shape index (κ2) is 11.4. The molecule has 2 aromatic carbocycles. The van der Waals surface area contributed by atoms with Crippen LogP contribution in [0.2, 0.25) is 0 Å². The number of rotatable bonds is 9. The molecule has 0 unspecified atom stereocenters. The van der Waals surface area contributed by atoms with E-state index in [0.717, 1.165) is 11.1 Å². The van der Waals surface area contributed by atoms with Crippen LogP contribution in [0.1, 0.15) is 29.8 Å². The normalized spacial score (nSPS) is 12.0. The lowest BCUT2D eigenvalue weighted by atomic mass is 10.1. The van der Waals surface area contributed by atoms with Crippen molar-refractivity contribution in [1.82, 2.24) is 10.3 Å². The summed E-state index contributed by atoms with van der Waals surface area (Å²) in [5.41, 5.74) is 21.3. The van der Waals surface area contributed by atoms with Crippen molar-refractivity contribution < 1.29 is 9.59 Å². The number of thiazole rings is 1. The second-order valence-corrected chi connectivity index (χ2v) is 9.43. The number of aromatic nitrogens is 1. The lowest BCUT2D eigenvalue weighted by molar-refractivity contribution is -0.115. The number of benzene rings is 2. The van der Waals surface area contributed by atoms with Crippen LogP contribution in [0, 0.1) is 0 Å².